The van der Waals surface area contributed by atoms with Crippen molar-refractivity contribution in [2.24, 2.45) is 5.41 Å². The Morgan fingerprint density at radius 3 is 3.05 bits per heavy atom. The van der Waals surface area contributed by atoms with Gasteiger partial charge < -0.3 is 10.1 Å². The van der Waals surface area contributed by atoms with E-state index in [2.05, 4.69) is 27.0 Å². The molecule has 0 aromatic carbocycles. The zero-order valence-corrected chi connectivity index (χ0v) is 12.9. The molecule has 2 heterocycles. The lowest BCUT2D eigenvalue weighted by Crippen LogP contribution is -2.63. The van der Waals surface area contributed by atoms with Crippen molar-refractivity contribution in [3.8, 4) is 0 Å². The predicted octanol–water partition coefficient (Wildman–Crippen LogP) is 2.44. The van der Waals surface area contributed by atoms with Gasteiger partial charge in [-0.25, -0.2) is 9.67 Å². The molecule has 0 amide bonds. The van der Waals surface area contributed by atoms with Crippen LogP contribution in [-0.2, 0) is 11.3 Å². The van der Waals surface area contributed by atoms with E-state index < -0.39 is 0 Å². The highest BCUT2D eigenvalue weighted by atomic mass is 16.5. The van der Waals surface area contributed by atoms with Crippen molar-refractivity contribution >= 4 is 0 Å². The Morgan fingerprint density at radius 1 is 1.38 bits per heavy atom. The number of ether oxygens (including phenoxy) is 1. The van der Waals surface area contributed by atoms with E-state index in [1.54, 1.807) is 6.33 Å². The molecule has 2 fully saturated rings. The third-order valence-corrected chi connectivity index (χ3v) is 5.91. The Kier molecular flexibility index (Phi) is 3.50. The minimum atomic E-state index is 0.381. The fraction of sp³-hybridized carbons (Fsp3) is 0.875. The van der Waals surface area contributed by atoms with Crippen molar-refractivity contribution in [3.63, 3.8) is 0 Å². The maximum atomic E-state index is 6.02. The number of aromatic nitrogens is 3. The van der Waals surface area contributed by atoms with Gasteiger partial charge in [0.2, 0.25) is 0 Å². The summed E-state index contributed by atoms with van der Waals surface area (Å²) in [7, 11) is 0. The molecule has 2 saturated carbocycles. The van der Waals surface area contributed by atoms with Crippen LogP contribution in [-0.4, -0.2) is 33.5 Å². The van der Waals surface area contributed by atoms with E-state index in [1.165, 1.54) is 44.9 Å². The van der Waals surface area contributed by atoms with Gasteiger partial charge in [-0.3, -0.25) is 0 Å². The van der Waals surface area contributed by atoms with Gasteiger partial charge in [0.05, 0.1) is 12.1 Å². The van der Waals surface area contributed by atoms with Crippen LogP contribution in [0.1, 0.15) is 63.7 Å². The quantitative estimate of drug-likeness (QED) is 0.925. The van der Waals surface area contributed by atoms with Gasteiger partial charge >= 0.3 is 0 Å². The van der Waals surface area contributed by atoms with Crippen LogP contribution >= 0.6 is 0 Å². The molecule has 21 heavy (non-hydrogen) atoms. The second-order valence-corrected chi connectivity index (χ2v) is 6.88. The number of hydrogen-bond acceptors (Lipinski definition) is 4. The van der Waals surface area contributed by atoms with Crippen LogP contribution in [0.15, 0.2) is 6.33 Å². The molecule has 0 radical (unpaired) electrons. The third kappa shape index (κ3) is 2.13. The Morgan fingerprint density at radius 2 is 2.24 bits per heavy atom. The van der Waals surface area contributed by atoms with Gasteiger partial charge in [-0.2, -0.15) is 5.10 Å². The number of nitrogens with zero attached hydrogens (tertiary/aromatic N) is 3. The molecular formula is C16H26N4O. The summed E-state index contributed by atoms with van der Waals surface area (Å²) in [5.41, 5.74) is 0.401. The van der Waals surface area contributed by atoms with Crippen LogP contribution in [0.4, 0.5) is 0 Å². The summed E-state index contributed by atoms with van der Waals surface area (Å²) >= 11 is 0. The second-order valence-electron chi connectivity index (χ2n) is 6.88. The normalized spacial score (nSPS) is 33.9. The summed E-state index contributed by atoms with van der Waals surface area (Å²) in [6, 6.07) is 0.983. The van der Waals surface area contributed by atoms with Gasteiger partial charge in [-0.15, -0.1) is 0 Å². The molecule has 5 heteroatoms. The fourth-order valence-corrected chi connectivity index (χ4v) is 4.81. The summed E-state index contributed by atoms with van der Waals surface area (Å²) < 4.78 is 8.09. The van der Waals surface area contributed by atoms with E-state index in [0.29, 0.717) is 23.6 Å². The van der Waals surface area contributed by atoms with Crippen molar-refractivity contribution in [2.45, 2.75) is 76.6 Å². The van der Waals surface area contributed by atoms with Gasteiger partial charge in [0.1, 0.15) is 12.2 Å². The maximum Gasteiger partial charge on any atom is 0.143 e. The average Bonchev–Trinajstić information content (AvgIpc) is 3.16. The minimum Gasteiger partial charge on any atom is -0.378 e. The van der Waals surface area contributed by atoms with Crippen LogP contribution in [0.3, 0.4) is 0 Å². The lowest BCUT2D eigenvalue weighted by atomic mass is 9.60. The molecule has 3 atom stereocenters. The molecule has 4 rings (SSSR count). The molecule has 1 spiro atoms. The molecule has 116 valence electrons. The highest BCUT2D eigenvalue weighted by Gasteiger charge is 2.57. The van der Waals surface area contributed by atoms with Gasteiger partial charge in [-0.1, -0.05) is 12.8 Å². The van der Waals surface area contributed by atoms with Crippen molar-refractivity contribution < 1.29 is 4.74 Å². The molecular weight excluding hydrogens is 264 g/mol. The molecule has 1 aromatic rings. The lowest BCUT2D eigenvalue weighted by Gasteiger charge is -2.55. The van der Waals surface area contributed by atoms with E-state index in [4.69, 9.17) is 4.74 Å². The highest BCUT2D eigenvalue weighted by Crippen LogP contribution is 2.55. The van der Waals surface area contributed by atoms with E-state index in [9.17, 15) is 0 Å². The fourth-order valence-electron chi connectivity index (χ4n) is 4.81. The number of fused-ring (bicyclic) bond motifs is 1. The molecule has 5 nitrogen and oxygen atoms in total. The Bertz CT molecular complexity index is 494. The number of hydrogen-bond donors (Lipinski definition) is 1. The number of nitrogens with one attached hydrogen (secondary N) is 1. The smallest absolute Gasteiger partial charge is 0.143 e. The van der Waals surface area contributed by atoms with Crippen molar-refractivity contribution in [2.75, 3.05) is 6.61 Å². The zero-order valence-electron chi connectivity index (χ0n) is 12.9. The zero-order chi connectivity index (χ0) is 14.3. The molecule has 1 aromatic heterocycles. The molecule has 2 aliphatic carbocycles. The molecule has 3 aliphatic rings. The maximum absolute atomic E-state index is 6.02. The van der Waals surface area contributed by atoms with Crippen LogP contribution in [0, 0.1) is 5.41 Å². The number of rotatable bonds is 4. The predicted molar refractivity (Wildman–Crippen MR) is 79.9 cm³/mol. The van der Waals surface area contributed by atoms with E-state index in [0.717, 1.165) is 19.0 Å². The summed E-state index contributed by atoms with van der Waals surface area (Å²) in [6.45, 7) is 3.98. The minimum absolute atomic E-state index is 0.381. The summed E-state index contributed by atoms with van der Waals surface area (Å²) in [6.07, 6.45) is 11.1. The average molecular weight is 290 g/mol. The Hall–Kier alpha value is -0.940. The molecule has 0 saturated heterocycles. The standard InChI is InChI=1S/C16H26N4O/c1-2-21-14-10-13(16(14)7-3-4-8-16)19-12-6-5-9-20-15(12)17-11-18-20/h11-14,19H,2-10H2,1H3/t12-,13+,14-/m1/s1. The summed E-state index contributed by atoms with van der Waals surface area (Å²) in [4.78, 5) is 4.48. The molecule has 0 bridgehead atoms. The van der Waals surface area contributed by atoms with Crippen LogP contribution in [0.5, 0.6) is 0 Å². The second kappa shape index (κ2) is 5.36. The largest absolute Gasteiger partial charge is 0.378 e. The third-order valence-electron chi connectivity index (χ3n) is 5.91. The number of aryl methyl sites for hydroxylation is 1. The summed E-state index contributed by atoms with van der Waals surface area (Å²) in [5, 5.41) is 8.25. The van der Waals surface area contributed by atoms with Gasteiger partial charge in [0.15, 0.2) is 0 Å². The van der Waals surface area contributed by atoms with Crippen molar-refractivity contribution in [3.05, 3.63) is 12.2 Å². The summed E-state index contributed by atoms with van der Waals surface area (Å²) in [5.74, 6) is 1.13. The van der Waals surface area contributed by atoms with Crippen molar-refractivity contribution in [1.82, 2.24) is 20.1 Å². The Balaban J connectivity index is 1.49. The first kappa shape index (κ1) is 13.7. The first-order chi connectivity index (χ1) is 10.3. The van der Waals surface area contributed by atoms with Crippen LogP contribution < -0.4 is 5.32 Å². The molecule has 1 N–H and O–H groups in total. The van der Waals surface area contributed by atoms with Gasteiger partial charge in [0.25, 0.3) is 0 Å². The Labute approximate surface area is 126 Å². The van der Waals surface area contributed by atoms with E-state index >= 15 is 0 Å². The monoisotopic (exact) mass is 290 g/mol. The molecule has 0 unspecified atom stereocenters. The topological polar surface area (TPSA) is 52.0 Å². The van der Waals surface area contributed by atoms with Gasteiger partial charge in [0, 0.05) is 24.6 Å². The van der Waals surface area contributed by atoms with E-state index in [1.807, 2.05) is 0 Å². The highest BCUT2D eigenvalue weighted by molar-refractivity contribution is 5.12. The SMILES string of the molecule is CCO[C@@H]1C[C@H](N[C@@H]2CCCn3ncnc32)C12CCCC2. The molecule has 1 aliphatic heterocycles. The van der Waals surface area contributed by atoms with Crippen molar-refractivity contribution in [1.29, 1.82) is 0 Å². The first-order valence-electron chi connectivity index (χ1n) is 8.59. The van der Waals surface area contributed by atoms with Crippen LogP contribution in [0.25, 0.3) is 0 Å². The van der Waals surface area contributed by atoms with Gasteiger partial charge in [-0.05, 0) is 39.0 Å². The van der Waals surface area contributed by atoms with E-state index in [-0.39, 0.29) is 0 Å². The first-order valence-corrected chi connectivity index (χ1v) is 8.59. The lowest BCUT2D eigenvalue weighted by molar-refractivity contribution is -0.133. The van der Waals surface area contributed by atoms with Crippen LogP contribution in [0.2, 0.25) is 0 Å².